The molecule has 0 saturated carbocycles. The average molecular weight is 386 g/mol. The smallest absolute Gasteiger partial charge is 0.332 e. The molecule has 0 aliphatic carbocycles. The molecule has 3 rings (SSSR count). The Morgan fingerprint density at radius 2 is 1.45 bits per heavy atom. The largest absolute Gasteiger partial charge is 0.348 e. The van der Waals surface area contributed by atoms with Crippen molar-refractivity contribution in [2.45, 2.75) is 26.3 Å². The highest BCUT2D eigenvalue weighted by Crippen LogP contribution is 2.20. The highest BCUT2D eigenvalue weighted by molar-refractivity contribution is 5.98. The highest BCUT2D eigenvalue weighted by Gasteiger charge is 2.19. The summed E-state index contributed by atoms with van der Waals surface area (Å²) in [6, 6.07) is 30.5. The second kappa shape index (κ2) is 10.2. The SMILES string of the molecule is CC(=O)O/N=C(\c1ccccc1)N(Cc1ccccc1)C[C@@H](C)c1ccccc1. The molecule has 4 heteroatoms. The van der Waals surface area contributed by atoms with Gasteiger partial charge in [0, 0.05) is 25.6 Å². The molecule has 0 amide bonds. The Morgan fingerprint density at radius 3 is 2.03 bits per heavy atom. The van der Waals surface area contributed by atoms with Crippen molar-refractivity contribution < 1.29 is 9.63 Å². The van der Waals surface area contributed by atoms with E-state index in [2.05, 4.69) is 53.4 Å². The summed E-state index contributed by atoms with van der Waals surface area (Å²) in [4.78, 5) is 18.7. The van der Waals surface area contributed by atoms with Crippen LogP contribution in [0.5, 0.6) is 0 Å². The normalized spacial score (nSPS) is 12.3. The molecule has 0 saturated heterocycles. The van der Waals surface area contributed by atoms with Crippen molar-refractivity contribution >= 4 is 11.8 Å². The van der Waals surface area contributed by atoms with Gasteiger partial charge in [0.25, 0.3) is 0 Å². The van der Waals surface area contributed by atoms with Gasteiger partial charge in [-0.2, -0.15) is 0 Å². The van der Waals surface area contributed by atoms with Crippen LogP contribution < -0.4 is 0 Å². The van der Waals surface area contributed by atoms with Gasteiger partial charge in [-0.05, 0) is 17.0 Å². The fourth-order valence-corrected chi connectivity index (χ4v) is 3.24. The molecule has 29 heavy (non-hydrogen) atoms. The zero-order valence-electron chi connectivity index (χ0n) is 16.9. The van der Waals surface area contributed by atoms with Crippen molar-refractivity contribution in [2.24, 2.45) is 5.16 Å². The lowest BCUT2D eigenvalue weighted by Gasteiger charge is -2.29. The van der Waals surface area contributed by atoms with Crippen LogP contribution in [0.25, 0.3) is 0 Å². The molecule has 148 valence electrons. The molecule has 4 nitrogen and oxygen atoms in total. The quantitative estimate of drug-likeness (QED) is 0.242. The lowest BCUT2D eigenvalue weighted by atomic mass is 10.00. The van der Waals surface area contributed by atoms with Gasteiger partial charge in [-0.3, -0.25) is 0 Å². The molecule has 0 unspecified atom stereocenters. The van der Waals surface area contributed by atoms with Gasteiger partial charge in [0.05, 0.1) is 0 Å². The predicted octanol–water partition coefficient (Wildman–Crippen LogP) is 5.22. The molecule has 0 aromatic heterocycles. The number of hydrogen-bond donors (Lipinski definition) is 0. The second-order valence-corrected chi connectivity index (χ2v) is 7.04. The minimum atomic E-state index is -0.436. The van der Waals surface area contributed by atoms with E-state index in [0.717, 1.165) is 12.1 Å². The molecular formula is C25H26N2O2. The van der Waals surface area contributed by atoms with Crippen molar-refractivity contribution in [2.75, 3.05) is 6.54 Å². The molecule has 0 aliphatic rings. The molecule has 1 atom stereocenters. The van der Waals surface area contributed by atoms with Crippen LogP contribution in [0.3, 0.4) is 0 Å². The number of hydrogen-bond acceptors (Lipinski definition) is 3. The van der Waals surface area contributed by atoms with Crippen molar-refractivity contribution in [3.05, 3.63) is 108 Å². The van der Waals surface area contributed by atoms with Crippen molar-refractivity contribution in [3.63, 3.8) is 0 Å². The minimum Gasteiger partial charge on any atom is -0.348 e. The van der Waals surface area contributed by atoms with Gasteiger partial charge in [0.2, 0.25) is 0 Å². The predicted molar refractivity (Wildman–Crippen MR) is 116 cm³/mol. The lowest BCUT2D eigenvalue weighted by molar-refractivity contribution is -0.141. The number of oxime groups is 1. The Morgan fingerprint density at radius 1 is 0.897 bits per heavy atom. The van der Waals surface area contributed by atoms with E-state index in [9.17, 15) is 4.79 Å². The Bertz CT molecular complexity index is 925. The Hall–Kier alpha value is -3.40. The third-order valence-electron chi connectivity index (χ3n) is 4.67. The Balaban J connectivity index is 1.96. The van der Waals surface area contributed by atoms with Crippen LogP contribution in [0.15, 0.2) is 96.2 Å². The number of benzene rings is 3. The van der Waals surface area contributed by atoms with Crippen LogP contribution in [-0.4, -0.2) is 23.2 Å². The van der Waals surface area contributed by atoms with Gasteiger partial charge in [-0.25, -0.2) is 4.79 Å². The molecule has 0 aliphatic heterocycles. The molecule has 0 fully saturated rings. The van der Waals surface area contributed by atoms with Crippen LogP contribution in [0.2, 0.25) is 0 Å². The number of carbonyl (C=O) groups excluding carboxylic acids is 1. The number of amidine groups is 1. The van der Waals surface area contributed by atoms with E-state index in [0.29, 0.717) is 12.4 Å². The third-order valence-corrected chi connectivity index (χ3v) is 4.67. The molecule has 0 heterocycles. The van der Waals surface area contributed by atoms with Crippen molar-refractivity contribution in [1.29, 1.82) is 0 Å². The van der Waals surface area contributed by atoms with Crippen LogP contribution in [0.1, 0.15) is 36.5 Å². The fraction of sp³-hybridized carbons (Fsp3) is 0.200. The topological polar surface area (TPSA) is 41.9 Å². The molecule has 3 aromatic carbocycles. The first-order chi connectivity index (χ1) is 14.1. The van der Waals surface area contributed by atoms with Gasteiger partial charge in [-0.1, -0.05) is 103 Å². The summed E-state index contributed by atoms with van der Waals surface area (Å²) in [6.45, 7) is 4.95. The van der Waals surface area contributed by atoms with E-state index in [1.165, 1.54) is 18.1 Å². The number of nitrogens with zero attached hydrogens (tertiary/aromatic N) is 2. The summed E-state index contributed by atoms with van der Waals surface area (Å²) in [5, 5.41) is 4.23. The van der Waals surface area contributed by atoms with Crippen molar-refractivity contribution in [1.82, 2.24) is 4.90 Å². The van der Waals surface area contributed by atoms with Gasteiger partial charge in [0.15, 0.2) is 5.84 Å². The van der Waals surface area contributed by atoms with Gasteiger partial charge in [-0.15, -0.1) is 0 Å². The van der Waals surface area contributed by atoms with E-state index in [1.54, 1.807) is 0 Å². The average Bonchev–Trinajstić information content (AvgIpc) is 2.75. The molecule has 0 N–H and O–H groups in total. The molecule has 0 bridgehead atoms. The summed E-state index contributed by atoms with van der Waals surface area (Å²) in [6.07, 6.45) is 0. The van der Waals surface area contributed by atoms with Gasteiger partial charge >= 0.3 is 5.97 Å². The zero-order chi connectivity index (χ0) is 20.5. The van der Waals surface area contributed by atoms with Gasteiger partial charge in [0.1, 0.15) is 0 Å². The van der Waals surface area contributed by atoms with Crippen LogP contribution in [0, 0.1) is 0 Å². The summed E-state index contributed by atoms with van der Waals surface area (Å²) >= 11 is 0. The van der Waals surface area contributed by atoms with E-state index >= 15 is 0 Å². The van der Waals surface area contributed by atoms with Gasteiger partial charge < -0.3 is 9.74 Å². The zero-order valence-corrected chi connectivity index (χ0v) is 16.9. The lowest BCUT2D eigenvalue weighted by Crippen LogP contribution is -2.35. The maximum atomic E-state index is 11.5. The first-order valence-corrected chi connectivity index (χ1v) is 9.78. The van der Waals surface area contributed by atoms with Crippen LogP contribution >= 0.6 is 0 Å². The maximum Gasteiger partial charge on any atom is 0.332 e. The Labute approximate surface area is 172 Å². The first kappa shape index (κ1) is 20.3. The van der Waals surface area contributed by atoms with E-state index in [-0.39, 0.29) is 5.92 Å². The summed E-state index contributed by atoms with van der Waals surface area (Å²) in [5.74, 6) is 0.479. The molecule has 0 spiro atoms. The number of carbonyl (C=O) groups is 1. The minimum absolute atomic E-state index is 0.270. The second-order valence-electron chi connectivity index (χ2n) is 7.04. The third kappa shape index (κ3) is 6.04. The summed E-state index contributed by atoms with van der Waals surface area (Å²) in [5.41, 5.74) is 3.33. The fourth-order valence-electron chi connectivity index (χ4n) is 3.24. The number of rotatable bonds is 7. The van der Waals surface area contributed by atoms with E-state index < -0.39 is 5.97 Å². The Kier molecular flexibility index (Phi) is 7.17. The van der Waals surface area contributed by atoms with E-state index in [4.69, 9.17) is 4.84 Å². The maximum absolute atomic E-state index is 11.5. The van der Waals surface area contributed by atoms with Crippen LogP contribution in [0.4, 0.5) is 0 Å². The standard InChI is InChI=1S/C25H26N2O2/c1-20(23-14-8-4-9-15-23)18-27(19-22-12-6-3-7-13-22)25(26-29-21(2)28)24-16-10-5-11-17-24/h3-17,20H,18-19H2,1-2H3/b26-25+/t20-/m1/s1. The molecular weight excluding hydrogens is 360 g/mol. The highest BCUT2D eigenvalue weighted by atomic mass is 16.7. The van der Waals surface area contributed by atoms with Crippen molar-refractivity contribution in [3.8, 4) is 0 Å². The summed E-state index contributed by atoms with van der Waals surface area (Å²) < 4.78 is 0. The molecule has 0 radical (unpaired) electrons. The summed E-state index contributed by atoms with van der Waals surface area (Å²) in [7, 11) is 0. The first-order valence-electron chi connectivity index (χ1n) is 9.78. The molecule has 3 aromatic rings. The van der Waals surface area contributed by atoms with E-state index in [1.807, 2.05) is 54.6 Å². The van der Waals surface area contributed by atoms with Crippen LogP contribution in [-0.2, 0) is 16.2 Å². The monoisotopic (exact) mass is 386 g/mol.